The molecule has 0 aliphatic rings. The van der Waals surface area contributed by atoms with E-state index >= 15 is 0 Å². The van der Waals surface area contributed by atoms with Crippen LogP contribution >= 0.6 is 11.8 Å². The summed E-state index contributed by atoms with van der Waals surface area (Å²) < 4.78 is 6.93. The lowest BCUT2D eigenvalue weighted by Crippen LogP contribution is -2.25. The first-order valence-corrected chi connectivity index (χ1v) is 9.84. The van der Waals surface area contributed by atoms with Gasteiger partial charge in [0.25, 0.3) is 5.56 Å². The minimum Gasteiger partial charge on any atom is -0.497 e. The van der Waals surface area contributed by atoms with E-state index in [1.165, 1.54) is 11.1 Å². The lowest BCUT2D eigenvalue weighted by molar-refractivity contribution is 0.414. The van der Waals surface area contributed by atoms with Crippen LogP contribution in [0.25, 0.3) is 0 Å². The van der Waals surface area contributed by atoms with Crippen LogP contribution in [0, 0.1) is 13.8 Å². The summed E-state index contributed by atoms with van der Waals surface area (Å²) in [5, 5.41) is 0.744. The molecule has 0 N–H and O–H groups in total. The molecule has 0 bridgehead atoms. The zero-order chi connectivity index (χ0) is 19.4. The summed E-state index contributed by atoms with van der Waals surface area (Å²) >= 11 is 1.59. The fraction of sp³-hybridized carbons (Fsp3) is 0.273. The quantitative estimate of drug-likeness (QED) is 0.473. The van der Waals surface area contributed by atoms with E-state index in [0.717, 1.165) is 33.5 Å². The van der Waals surface area contributed by atoms with E-state index in [4.69, 9.17) is 9.72 Å². The van der Waals surface area contributed by atoms with E-state index in [-0.39, 0.29) is 5.56 Å². The SMILES string of the molecule is COc1cccc(Cc2c(C)nc(SCc3cccc(C)c3)n(C)c2=O)c1. The predicted octanol–water partition coefficient (Wildman–Crippen LogP) is 4.29. The highest BCUT2D eigenvalue weighted by Crippen LogP contribution is 2.22. The molecule has 0 saturated carbocycles. The molecule has 1 heterocycles. The van der Waals surface area contributed by atoms with Crippen LogP contribution in [0.3, 0.4) is 0 Å². The Morgan fingerprint density at radius 3 is 2.56 bits per heavy atom. The van der Waals surface area contributed by atoms with Gasteiger partial charge in [0, 0.05) is 30.5 Å². The van der Waals surface area contributed by atoms with Gasteiger partial charge in [0.05, 0.1) is 7.11 Å². The number of thioether (sulfide) groups is 1. The highest BCUT2D eigenvalue weighted by Gasteiger charge is 2.13. The average Bonchev–Trinajstić information content (AvgIpc) is 2.67. The number of benzene rings is 2. The Hall–Kier alpha value is -2.53. The van der Waals surface area contributed by atoms with Gasteiger partial charge < -0.3 is 4.74 Å². The van der Waals surface area contributed by atoms with Crippen molar-refractivity contribution >= 4 is 11.8 Å². The third kappa shape index (κ3) is 4.61. The lowest BCUT2D eigenvalue weighted by Gasteiger charge is -2.12. The highest BCUT2D eigenvalue weighted by atomic mass is 32.2. The molecule has 5 heteroatoms. The molecule has 0 amide bonds. The molecule has 0 aliphatic heterocycles. The van der Waals surface area contributed by atoms with Gasteiger partial charge in [0.1, 0.15) is 5.75 Å². The van der Waals surface area contributed by atoms with Crippen LogP contribution < -0.4 is 10.3 Å². The molecule has 0 unspecified atom stereocenters. The summed E-state index contributed by atoms with van der Waals surface area (Å²) in [6.07, 6.45) is 0.547. The maximum atomic E-state index is 12.9. The number of nitrogens with zero attached hydrogens (tertiary/aromatic N) is 2. The van der Waals surface area contributed by atoms with Crippen molar-refractivity contribution in [3.05, 3.63) is 86.8 Å². The third-order valence-corrected chi connectivity index (χ3v) is 5.62. The van der Waals surface area contributed by atoms with Gasteiger partial charge in [-0.3, -0.25) is 9.36 Å². The van der Waals surface area contributed by atoms with Crippen LogP contribution in [0.4, 0.5) is 0 Å². The number of rotatable bonds is 6. The monoisotopic (exact) mass is 380 g/mol. The minimum atomic E-state index is 0.0112. The van der Waals surface area contributed by atoms with Crippen LogP contribution in [0.1, 0.15) is 27.9 Å². The first-order valence-electron chi connectivity index (χ1n) is 8.85. The molecule has 0 spiro atoms. The van der Waals surface area contributed by atoms with Crippen LogP contribution in [-0.2, 0) is 19.2 Å². The molecule has 0 atom stereocenters. The summed E-state index contributed by atoms with van der Waals surface area (Å²) in [6.45, 7) is 3.99. The molecule has 3 aromatic rings. The minimum absolute atomic E-state index is 0.0112. The van der Waals surface area contributed by atoms with Crippen LogP contribution in [0.5, 0.6) is 5.75 Å². The van der Waals surface area contributed by atoms with Crippen molar-refractivity contribution in [1.29, 1.82) is 0 Å². The van der Waals surface area contributed by atoms with Crippen molar-refractivity contribution in [3.63, 3.8) is 0 Å². The Balaban J connectivity index is 1.84. The van der Waals surface area contributed by atoms with E-state index in [1.807, 2.05) is 31.2 Å². The largest absolute Gasteiger partial charge is 0.497 e. The van der Waals surface area contributed by atoms with E-state index in [0.29, 0.717) is 6.42 Å². The fourth-order valence-corrected chi connectivity index (χ4v) is 3.95. The van der Waals surface area contributed by atoms with Crippen LogP contribution in [0.15, 0.2) is 58.5 Å². The molecule has 1 aromatic heterocycles. The Morgan fingerprint density at radius 1 is 1.07 bits per heavy atom. The Bertz CT molecular complexity index is 1010. The molecule has 0 radical (unpaired) electrons. The molecule has 4 nitrogen and oxygen atoms in total. The van der Waals surface area contributed by atoms with Crippen molar-refractivity contribution in [3.8, 4) is 5.75 Å². The summed E-state index contributed by atoms with van der Waals surface area (Å²) in [4.78, 5) is 17.6. The number of hydrogen-bond acceptors (Lipinski definition) is 4. The molecule has 2 aromatic carbocycles. The number of ether oxygens (including phenoxy) is 1. The number of methoxy groups -OCH3 is 1. The second-order valence-corrected chi connectivity index (χ2v) is 7.57. The van der Waals surface area contributed by atoms with Crippen molar-refractivity contribution in [1.82, 2.24) is 9.55 Å². The molecule has 0 saturated heterocycles. The van der Waals surface area contributed by atoms with E-state index in [2.05, 4.69) is 31.2 Å². The van der Waals surface area contributed by atoms with Gasteiger partial charge in [-0.05, 0) is 37.1 Å². The normalized spacial score (nSPS) is 10.8. The van der Waals surface area contributed by atoms with Gasteiger partial charge in [-0.25, -0.2) is 4.98 Å². The summed E-state index contributed by atoms with van der Waals surface area (Å²) in [7, 11) is 3.44. The molecule has 3 rings (SSSR count). The second kappa shape index (κ2) is 8.44. The van der Waals surface area contributed by atoms with Crippen LogP contribution in [-0.4, -0.2) is 16.7 Å². The molecular formula is C22H24N2O2S. The zero-order valence-corrected chi connectivity index (χ0v) is 17.0. The van der Waals surface area contributed by atoms with Crippen molar-refractivity contribution < 1.29 is 4.74 Å². The van der Waals surface area contributed by atoms with Crippen molar-refractivity contribution in [2.75, 3.05) is 7.11 Å². The Labute approximate surface area is 164 Å². The highest BCUT2D eigenvalue weighted by molar-refractivity contribution is 7.98. The maximum absolute atomic E-state index is 12.9. The number of hydrogen-bond donors (Lipinski definition) is 0. The predicted molar refractivity (Wildman–Crippen MR) is 111 cm³/mol. The average molecular weight is 381 g/mol. The molecular weight excluding hydrogens is 356 g/mol. The third-order valence-electron chi connectivity index (χ3n) is 4.52. The smallest absolute Gasteiger partial charge is 0.257 e. The van der Waals surface area contributed by atoms with Gasteiger partial charge in [0.15, 0.2) is 5.16 Å². The lowest BCUT2D eigenvalue weighted by atomic mass is 10.0. The van der Waals surface area contributed by atoms with E-state index in [9.17, 15) is 4.79 Å². The number of aryl methyl sites for hydroxylation is 2. The van der Waals surface area contributed by atoms with E-state index < -0.39 is 0 Å². The maximum Gasteiger partial charge on any atom is 0.257 e. The van der Waals surface area contributed by atoms with Gasteiger partial charge in [0.2, 0.25) is 0 Å². The topological polar surface area (TPSA) is 44.1 Å². The van der Waals surface area contributed by atoms with Gasteiger partial charge in [-0.15, -0.1) is 0 Å². The van der Waals surface area contributed by atoms with E-state index in [1.54, 1.807) is 30.5 Å². The summed E-state index contributed by atoms with van der Waals surface area (Å²) in [5.41, 5.74) is 5.03. The first-order chi connectivity index (χ1) is 13.0. The number of aromatic nitrogens is 2. The molecule has 140 valence electrons. The van der Waals surface area contributed by atoms with Gasteiger partial charge in [-0.2, -0.15) is 0 Å². The Morgan fingerprint density at radius 2 is 1.81 bits per heavy atom. The summed E-state index contributed by atoms with van der Waals surface area (Å²) in [6, 6.07) is 16.2. The van der Waals surface area contributed by atoms with Crippen molar-refractivity contribution in [2.24, 2.45) is 7.05 Å². The van der Waals surface area contributed by atoms with Crippen molar-refractivity contribution in [2.45, 2.75) is 31.2 Å². The Kier molecular flexibility index (Phi) is 6.01. The summed E-state index contributed by atoms with van der Waals surface area (Å²) in [5.74, 6) is 1.58. The van der Waals surface area contributed by atoms with Crippen LogP contribution in [0.2, 0.25) is 0 Å². The zero-order valence-electron chi connectivity index (χ0n) is 16.2. The molecule has 0 aliphatic carbocycles. The fourth-order valence-electron chi connectivity index (χ4n) is 3.00. The standard InChI is InChI=1S/C22H24N2O2S/c1-15-7-5-9-18(11-15)14-27-22-23-16(2)20(21(25)24(22)3)13-17-8-6-10-19(12-17)26-4/h5-12H,13-14H2,1-4H3. The van der Waals surface area contributed by atoms with Gasteiger partial charge in [-0.1, -0.05) is 53.7 Å². The molecule has 0 fully saturated rings. The second-order valence-electron chi connectivity index (χ2n) is 6.63. The molecule has 27 heavy (non-hydrogen) atoms. The first kappa shape index (κ1) is 19.2. The van der Waals surface area contributed by atoms with Gasteiger partial charge >= 0.3 is 0 Å².